The van der Waals surface area contributed by atoms with Crippen molar-refractivity contribution in [3.05, 3.63) is 71.9 Å². The maximum absolute atomic E-state index is 12.8. The van der Waals surface area contributed by atoms with Crippen molar-refractivity contribution in [3.63, 3.8) is 0 Å². The summed E-state index contributed by atoms with van der Waals surface area (Å²) in [4.78, 5) is 21.5. The molecule has 5 nitrogen and oxygen atoms in total. The predicted octanol–water partition coefficient (Wildman–Crippen LogP) is 3.88. The van der Waals surface area contributed by atoms with Crippen LogP contribution in [0.3, 0.4) is 0 Å². The van der Waals surface area contributed by atoms with Crippen molar-refractivity contribution in [3.8, 4) is 0 Å². The van der Waals surface area contributed by atoms with E-state index >= 15 is 0 Å². The molecule has 5 heteroatoms. The first-order chi connectivity index (χ1) is 12.7. The monoisotopic (exact) mass is 344 g/mol. The quantitative estimate of drug-likeness (QED) is 0.559. The third-order valence-electron chi connectivity index (χ3n) is 4.84. The molecule has 0 radical (unpaired) electrons. The molecule has 0 unspecified atom stereocenters. The number of aromatic nitrogens is 1. The highest BCUT2D eigenvalue weighted by Crippen LogP contribution is 2.40. The summed E-state index contributed by atoms with van der Waals surface area (Å²) in [5, 5.41) is 3.62. The second kappa shape index (κ2) is 6.96. The summed E-state index contributed by atoms with van der Waals surface area (Å²) in [6, 6.07) is 17.1. The van der Waals surface area contributed by atoms with E-state index in [0.717, 1.165) is 23.7 Å². The van der Waals surface area contributed by atoms with Crippen LogP contribution in [0.25, 0.3) is 10.9 Å². The van der Waals surface area contributed by atoms with Crippen LogP contribution in [-0.4, -0.2) is 16.9 Å². The van der Waals surface area contributed by atoms with Gasteiger partial charge in [0.2, 0.25) is 5.96 Å². The second-order valence-corrected chi connectivity index (χ2v) is 6.51. The van der Waals surface area contributed by atoms with Gasteiger partial charge < -0.3 is 5.73 Å². The Morgan fingerprint density at radius 2 is 1.88 bits per heavy atom. The molecule has 1 aliphatic carbocycles. The Morgan fingerprint density at radius 1 is 1.08 bits per heavy atom. The molecule has 4 rings (SSSR count). The van der Waals surface area contributed by atoms with E-state index in [1.165, 1.54) is 12.0 Å². The zero-order chi connectivity index (χ0) is 17.9. The van der Waals surface area contributed by atoms with Gasteiger partial charge in [-0.05, 0) is 48.6 Å². The number of nitrogens with one attached hydrogen (secondary N) is 1. The van der Waals surface area contributed by atoms with E-state index in [4.69, 9.17) is 5.73 Å². The molecule has 0 aliphatic heterocycles. The average Bonchev–Trinajstić information content (AvgIpc) is 2.60. The largest absolute Gasteiger partial charge is 0.369 e. The van der Waals surface area contributed by atoms with E-state index in [1.807, 2.05) is 42.5 Å². The number of nitrogens with zero attached hydrogens (tertiary/aromatic N) is 2. The molecule has 1 aromatic heterocycles. The van der Waals surface area contributed by atoms with E-state index in [2.05, 4.69) is 21.4 Å². The highest BCUT2D eigenvalue weighted by Gasteiger charge is 2.24. The average molecular weight is 344 g/mol. The van der Waals surface area contributed by atoms with Crippen molar-refractivity contribution in [2.75, 3.05) is 0 Å². The third-order valence-corrected chi connectivity index (χ3v) is 4.84. The van der Waals surface area contributed by atoms with Crippen LogP contribution < -0.4 is 11.1 Å². The topological polar surface area (TPSA) is 80.4 Å². The number of rotatable bonds is 3. The Kier molecular flexibility index (Phi) is 4.35. The zero-order valence-corrected chi connectivity index (χ0v) is 14.4. The van der Waals surface area contributed by atoms with Gasteiger partial charge in [0.15, 0.2) is 0 Å². The number of hydrogen-bond acceptors (Lipinski definition) is 3. The Hall–Kier alpha value is -3.21. The summed E-state index contributed by atoms with van der Waals surface area (Å²) in [6.07, 6.45) is 5.21. The Labute approximate surface area is 152 Å². The fourth-order valence-corrected chi connectivity index (χ4v) is 3.34. The maximum atomic E-state index is 12.8. The molecule has 3 N–H and O–H groups in total. The second-order valence-electron chi connectivity index (χ2n) is 6.51. The number of aliphatic imine (C=N–C) groups is 1. The van der Waals surface area contributed by atoms with Crippen molar-refractivity contribution < 1.29 is 4.79 Å². The highest BCUT2D eigenvalue weighted by molar-refractivity contribution is 6.13. The summed E-state index contributed by atoms with van der Waals surface area (Å²) >= 11 is 0. The Balaban J connectivity index is 1.67. The lowest BCUT2D eigenvalue weighted by Gasteiger charge is -2.27. The standard InChI is InChI=1S/C21H20N4O/c22-21(24-15-8-2-1-3-9-15)25-20(26)17-12-13-23-18-11-5-10-16(19(17)18)14-6-4-7-14/h1-3,5,8-14H,4,6-7H2,(H3,22,24,25,26). The maximum Gasteiger partial charge on any atom is 0.258 e. The number of amides is 1. The van der Waals surface area contributed by atoms with Gasteiger partial charge in [0.25, 0.3) is 5.91 Å². The van der Waals surface area contributed by atoms with Crippen LogP contribution in [0.4, 0.5) is 5.69 Å². The third kappa shape index (κ3) is 3.16. The Bertz CT molecular complexity index is 972. The zero-order valence-electron chi connectivity index (χ0n) is 14.4. The van der Waals surface area contributed by atoms with E-state index in [0.29, 0.717) is 17.2 Å². The van der Waals surface area contributed by atoms with Crippen molar-refractivity contribution in [2.45, 2.75) is 25.2 Å². The number of hydrogen-bond donors (Lipinski definition) is 2. The molecule has 1 amide bonds. The lowest BCUT2D eigenvalue weighted by Crippen LogP contribution is -2.36. The van der Waals surface area contributed by atoms with Crippen LogP contribution in [0.5, 0.6) is 0 Å². The van der Waals surface area contributed by atoms with E-state index < -0.39 is 0 Å². The molecule has 1 saturated carbocycles. The molecule has 1 heterocycles. The van der Waals surface area contributed by atoms with E-state index in [-0.39, 0.29) is 11.9 Å². The molecule has 0 bridgehead atoms. The number of nitrogens with two attached hydrogens (primary N) is 1. The van der Waals surface area contributed by atoms with Crippen LogP contribution >= 0.6 is 0 Å². The smallest absolute Gasteiger partial charge is 0.258 e. The van der Waals surface area contributed by atoms with Gasteiger partial charge in [-0.15, -0.1) is 0 Å². The van der Waals surface area contributed by atoms with Gasteiger partial charge in [-0.1, -0.05) is 36.8 Å². The van der Waals surface area contributed by atoms with Crippen LogP contribution in [0.15, 0.2) is 65.8 Å². The molecular formula is C21H20N4O. The van der Waals surface area contributed by atoms with Gasteiger partial charge in [-0.3, -0.25) is 15.1 Å². The van der Waals surface area contributed by atoms with Gasteiger partial charge in [-0.2, -0.15) is 0 Å². The number of benzene rings is 2. The first-order valence-corrected chi connectivity index (χ1v) is 8.80. The molecule has 1 fully saturated rings. The van der Waals surface area contributed by atoms with Gasteiger partial charge >= 0.3 is 0 Å². The van der Waals surface area contributed by atoms with Gasteiger partial charge in [0.1, 0.15) is 0 Å². The number of guanidine groups is 1. The molecule has 3 aromatic rings. The lowest BCUT2D eigenvalue weighted by molar-refractivity contribution is 0.0978. The van der Waals surface area contributed by atoms with Crippen molar-refractivity contribution in [1.82, 2.24) is 10.3 Å². The minimum Gasteiger partial charge on any atom is -0.369 e. The number of para-hydroxylation sites is 1. The summed E-state index contributed by atoms with van der Waals surface area (Å²) in [7, 11) is 0. The molecule has 130 valence electrons. The molecule has 0 atom stereocenters. The summed E-state index contributed by atoms with van der Waals surface area (Å²) < 4.78 is 0. The first-order valence-electron chi connectivity index (χ1n) is 8.80. The number of pyridine rings is 1. The van der Waals surface area contributed by atoms with Gasteiger partial charge in [0.05, 0.1) is 16.8 Å². The molecule has 26 heavy (non-hydrogen) atoms. The highest BCUT2D eigenvalue weighted by atomic mass is 16.1. The van der Waals surface area contributed by atoms with Gasteiger partial charge in [0, 0.05) is 11.6 Å². The predicted molar refractivity (Wildman–Crippen MR) is 104 cm³/mol. The number of carbonyl (C=O) groups is 1. The van der Waals surface area contributed by atoms with Gasteiger partial charge in [-0.25, -0.2) is 4.99 Å². The minimum atomic E-state index is -0.263. The molecular weight excluding hydrogens is 324 g/mol. The van der Waals surface area contributed by atoms with Crippen LogP contribution in [0.1, 0.15) is 41.1 Å². The first kappa shape index (κ1) is 16.3. The summed E-state index contributed by atoms with van der Waals surface area (Å²) in [6.45, 7) is 0. The molecule has 0 saturated heterocycles. The fourth-order valence-electron chi connectivity index (χ4n) is 3.34. The molecule has 2 aromatic carbocycles. The molecule has 0 spiro atoms. The normalized spacial score (nSPS) is 14.8. The van der Waals surface area contributed by atoms with E-state index in [9.17, 15) is 4.79 Å². The van der Waals surface area contributed by atoms with Crippen molar-refractivity contribution in [1.29, 1.82) is 0 Å². The number of carbonyl (C=O) groups excluding carboxylic acids is 1. The number of fused-ring (bicyclic) bond motifs is 1. The summed E-state index contributed by atoms with van der Waals surface area (Å²) in [5.74, 6) is 0.318. The lowest BCUT2D eigenvalue weighted by atomic mass is 9.78. The minimum absolute atomic E-state index is 0.0762. The Morgan fingerprint density at radius 3 is 2.62 bits per heavy atom. The fraction of sp³-hybridized carbons (Fsp3) is 0.190. The SMILES string of the molecule is NC(=Nc1ccccc1)NC(=O)c1ccnc2cccc(C3CCC3)c12. The van der Waals surface area contributed by atoms with Crippen LogP contribution in [-0.2, 0) is 0 Å². The van der Waals surface area contributed by atoms with Crippen molar-refractivity contribution in [2.24, 2.45) is 10.7 Å². The van der Waals surface area contributed by atoms with Crippen LogP contribution in [0, 0.1) is 0 Å². The summed E-state index contributed by atoms with van der Waals surface area (Å²) in [5.41, 5.74) is 9.24. The van der Waals surface area contributed by atoms with Crippen molar-refractivity contribution >= 4 is 28.5 Å². The molecule has 1 aliphatic rings. The van der Waals surface area contributed by atoms with Crippen LogP contribution in [0.2, 0.25) is 0 Å². The van der Waals surface area contributed by atoms with E-state index in [1.54, 1.807) is 12.3 Å².